The van der Waals surface area contributed by atoms with Crippen molar-refractivity contribution in [1.29, 1.82) is 0 Å². The van der Waals surface area contributed by atoms with Crippen LogP contribution in [0.15, 0.2) is 41.7 Å². The maximum atomic E-state index is 5.98. The smallest absolute Gasteiger partial charge is 0.191 e. The van der Waals surface area contributed by atoms with Crippen LogP contribution in [0.1, 0.15) is 37.1 Å². The Morgan fingerprint density at radius 3 is 2.62 bits per heavy atom. The number of nitrogens with zero attached hydrogens (tertiary/aromatic N) is 4. The molecule has 29 heavy (non-hydrogen) atoms. The number of aromatic nitrogens is 2. The molecule has 1 aromatic carbocycles. The van der Waals surface area contributed by atoms with E-state index in [1.54, 1.807) is 0 Å². The summed E-state index contributed by atoms with van der Waals surface area (Å²) in [6.07, 6.45) is 8.41. The highest BCUT2D eigenvalue weighted by Crippen LogP contribution is 2.16. The molecule has 7 heteroatoms. The summed E-state index contributed by atoms with van der Waals surface area (Å²) in [7, 11) is 1.85. The molecule has 0 unspecified atom stereocenters. The van der Waals surface area contributed by atoms with Crippen LogP contribution in [0.4, 0.5) is 0 Å². The van der Waals surface area contributed by atoms with Gasteiger partial charge in [0.2, 0.25) is 0 Å². The van der Waals surface area contributed by atoms with Crippen molar-refractivity contribution in [3.63, 3.8) is 0 Å². The summed E-state index contributed by atoms with van der Waals surface area (Å²) in [5.74, 6) is 2.00. The first kappa shape index (κ1) is 21.7. The first-order valence-electron chi connectivity index (χ1n) is 10.6. The maximum Gasteiger partial charge on any atom is 0.191 e. The summed E-state index contributed by atoms with van der Waals surface area (Å²) in [5.41, 5.74) is 1.32. The van der Waals surface area contributed by atoms with Gasteiger partial charge >= 0.3 is 0 Å². The van der Waals surface area contributed by atoms with E-state index in [1.165, 1.54) is 5.56 Å². The predicted molar refractivity (Wildman–Crippen MR) is 120 cm³/mol. The van der Waals surface area contributed by atoms with E-state index >= 15 is 0 Å². The van der Waals surface area contributed by atoms with Crippen LogP contribution in [0.2, 0.25) is 5.02 Å². The molecule has 1 aliphatic heterocycles. The third-order valence-corrected chi connectivity index (χ3v) is 5.77. The molecule has 0 amide bonds. The number of guanidine groups is 1. The molecular weight excluding hydrogens is 384 g/mol. The highest BCUT2D eigenvalue weighted by Gasteiger charge is 2.20. The SMILES string of the molecule is CN=C(NCCCCn1ccnc1C)NC1CCN(Cc2ccc(Cl)cc2)CC1. The number of piperidine rings is 1. The molecule has 1 saturated heterocycles. The molecule has 158 valence electrons. The van der Waals surface area contributed by atoms with E-state index in [9.17, 15) is 0 Å². The van der Waals surface area contributed by atoms with Crippen LogP contribution >= 0.6 is 11.6 Å². The zero-order chi connectivity index (χ0) is 20.5. The fourth-order valence-electron chi connectivity index (χ4n) is 3.73. The molecular formula is C22H33ClN6. The summed E-state index contributed by atoms with van der Waals surface area (Å²) in [6.45, 7) is 7.19. The lowest BCUT2D eigenvalue weighted by molar-refractivity contribution is 0.198. The van der Waals surface area contributed by atoms with Gasteiger partial charge in [0.15, 0.2) is 5.96 Å². The maximum absolute atomic E-state index is 5.98. The molecule has 1 fully saturated rings. The highest BCUT2D eigenvalue weighted by molar-refractivity contribution is 6.30. The summed E-state index contributed by atoms with van der Waals surface area (Å²) in [4.78, 5) is 11.2. The Morgan fingerprint density at radius 1 is 1.21 bits per heavy atom. The largest absolute Gasteiger partial charge is 0.356 e. The zero-order valence-electron chi connectivity index (χ0n) is 17.6. The van der Waals surface area contributed by atoms with E-state index in [1.807, 2.05) is 38.5 Å². The third-order valence-electron chi connectivity index (χ3n) is 5.51. The molecule has 3 rings (SSSR count). The molecule has 0 radical (unpaired) electrons. The highest BCUT2D eigenvalue weighted by atomic mass is 35.5. The van der Waals surface area contributed by atoms with Gasteiger partial charge < -0.3 is 15.2 Å². The second-order valence-electron chi connectivity index (χ2n) is 7.70. The summed E-state index contributed by atoms with van der Waals surface area (Å²) < 4.78 is 2.20. The minimum absolute atomic E-state index is 0.483. The van der Waals surface area contributed by atoms with Crippen molar-refractivity contribution in [2.75, 3.05) is 26.7 Å². The number of aryl methyl sites for hydroxylation is 2. The van der Waals surface area contributed by atoms with Gasteiger partial charge in [0, 0.05) is 63.2 Å². The molecule has 0 aliphatic carbocycles. The van der Waals surface area contributed by atoms with Crippen molar-refractivity contribution in [3.05, 3.63) is 53.1 Å². The Bertz CT molecular complexity index is 762. The topological polar surface area (TPSA) is 57.5 Å². The predicted octanol–water partition coefficient (Wildman–Crippen LogP) is 3.45. The number of hydrogen-bond acceptors (Lipinski definition) is 3. The van der Waals surface area contributed by atoms with Crippen LogP contribution in [0, 0.1) is 6.92 Å². The number of rotatable bonds is 8. The van der Waals surface area contributed by atoms with Gasteiger partial charge in [-0.25, -0.2) is 4.98 Å². The van der Waals surface area contributed by atoms with Gasteiger partial charge in [0.1, 0.15) is 5.82 Å². The van der Waals surface area contributed by atoms with Crippen LogP contribution in [-0.2, 0) is 13.1 Å². The minimum atomic E-state index is 0.483. The average Bonchev–Trinajstić information content (AvgIpc) is 3.14. The number of aliphatic imine (C=N–C) groups is 1. The molecule has 2 N–H and O–H groups in total. The molecule has 2 aromatic rings. The van der Waals surface area contributed by atoms with Crippen molar-refractivity contribution in [2.24, 2.45) is 4.99 Å². The number of hydrogen-bond donors (Lipinski definition) is 2. The van der Waals surface area contributed by atoms with Crippen molar-refractivity contribution < 1.29 is 0 Å². The van der Waals surface area contributed by atoms with Gasteiger partial charge in [-0.05, 0) is 50.3 Å². The van der Waals surface area contributed by atoms with Crippen LogP contribution in [0.25, 0.3) is 0 Å². The van der Waals surface area contributed by atoms with Gasteiger partial charge in [0.05, 0.1) is 0 Å². The van der Waals surface area contributed by atoms with E-state index in [4.69, 9.17) is 11.6 Å². The Labute approximate surface area is 179 Å². The fourth-order valence-corrected chi connectivity index (χ4v) is 3.85. The van der Waals surface area contributed by atoms with E-state index in [-0.39, 0.29) is 0 Å². The normalized spacial score (nSPS) is 16.2. The van der Waals surface area contributed by atoms with Crippen LogP contribution in [-0.4, -0.2) is 53.1 Å². The van der Waals surface area contributed by atoms with Gasteiger partial charge in [-0.1, -0.05) is 23.7 Å². The molecule has 0 spiro atoms. The Kier molecular flexibility index (Phi) is 8.38. The lowest BCUT2D eigenvalue weighted by Gasteiger charge is -2.33. The number of unbranched alkanes of at least 4 members (excludes halogenated alkanes) is 1. The fraction of sp³-hybridized carbons (Fsp3) is 0.545. The molecule has 0 atom stereocenters. The number of likely N-dealkylation sites (tertiary alicyclic amines) is 1. The van der Waals surface area contributed by atoms with Gasteiger partial charge in [0.25, 0.3) is 0 Å². The monoisotopic (exact) mass is 416 g/mol. The number of halogens is 1. The summed E-state index contributed by atoms with van der Waals surface area (Å²) in [6, 6.07) is 8.66. The Morgan fingerprint density at radius 2 is 1.97 bits per heavy atom. The van der Waals surface area contributed by atoms with Crippen LogP contribution in [0.5, 0.6) is 0 Å². The van der Waals surface area contributed by atoms with Crippen molar-refractivity contribution >= 4 is 17.6 Å². The number of benzene rings is 1. The number of nitrogens with one attached hydrogen (secondary N) is 2. The van der Waals surface area contributed by atoms with Crippen molar-refractivity contribution in [2.45, 2.75) is 51.7 Å². The Balaban J connectivity index is 1.31. The van der Waals surface area contributed by atoms with E-state index in [0.717, 1.165) is 75.2 Å². The zero-order valence-corrected chi connectivity index (χ0v) is 18.3. The average molecular weight is 417 g/mol. The second-order valence-corrected chi connectivity index (χ2v) is 8.13. The second kappa shape index (κ2) is 11.2. The van der Waals surface area contributed by atoms with Crippen LogP contribution < -0.4 is 10.6 Å². The van der Waals surface area contributed by atoms with Gasteiger partial charge in [-0.2, -0.15) is 0 Å². The molecule has 0 saturated carbocycles. The molecule has 1 aromatic heterocycles. The van der Waals surface area contributed by atoms with E-state index in [0.29, 0.717) is 6.04 Å². The standard InChI is InChI=1S/C22H33ClN6/c1-18-25-12-16-29(18)13-4-3-11-26-22(24-2)27-21-9-14-28(15-10-21)17-19-5-7-20(23)8-6-19/h5-8,12,16,21H,3-4,9-11,13-15,17H2,1-2H3,(H2,24,26,27). The van der Waals surface area contributed by atoms with E-state index in [2.05, 4.69) is 42.2 Å². The minimum Gasteiger partial charge on any atom is -0.356 e. The van der Waals surface area contributed by atoms with Crippen LogP contribution in [0.3, 0.4) is 0 Å². The summed E-state index contributed by atoms with van der Waals surface area (Å²) >= 11 is 5.98. The molecule has 0 bridgehead atoms. The first-order chi connectivity index (χ1) is 14.1. The Hall–Kier alpha value is -2.05. The lowest BCUT2D eigenvalue weighted by Crippen LogP contribution is -2.48. The van der Waals surface area contributed by atoms with E-state index < -0.39 is 0 Å². The molecule has 1 aliphatic rings. The van der Waals surface area contributed by atoms with Gasteiger partial charge in [-0.3, -0.25) is 9.89 Å². The van der Waals surface area contributed by atoms with Crippen molar-refractivity contribution in [1.82, 2.24) is 25.1 Å². The summed E-state index contributed by atoms with van der Waals surface area (Å²) in [5, 5.41) is 7.84. The van der Waals surface area contributed by atoms with Gasteiger partial charge in [-0.15, -0.1) is 0 Å². The third kappa shape index (κ3) is 7.05. The molecule has 6 nitrogen and oxygen atoms in total. The quantitative estimate of drug-likeness (QED) is 0.393. The lowest BCUT2D eigenvalue weighted by atomic mass is 10.0. The number of imidazole rings is 1. The van der Waals surface area contributed by atoms with Crippen molar-refractivity contribution in [3.8, 4) is 0 Å². The first-order valence-corrected chi connectivity index (χ1v) is 10.9. The molecule has 2 heterocycles.